The Bertz CT molecular complexity index is 832. The highest BCUT2D eigenvalue weighted by Gasteiger charge is 2.35. The third kappa shape index (κ3) is 9.23. The maximum Gasteiger partial charge on any atom is 0.408 e. The number of unbranched alkanes of at least 4 members (excludes halogenated alkanes) is 2. The van der Waals surface area contributed by atoms with Gasteiger partial charge in [0.1, 0.15) is 23.4 Å². The van der Waals surface area contributed by atoms with Crippen LogP contribution in [0.4, 0.5) is 4.79 Å². The Hall–Kier alpha value is -2.77. The van der Waals surface area contributed by atoms with Crippen molar-refractivity contribution in [2.45, 2.75) is 91.8 Å². The van der Waals surface area contributed by atoms with Crippen LogP contribution in [0.3, 0.4) is 0 Å². The first-order valence-corrected chi connectivity index (χ1v) is 12.1. The molecule has 0 aliphatic rings. The van der Waals surface area contributed by atoms with Gasteiger partial charge in [-0.3, -0.25) is 9.59 Å². The van der Waals surface area contributed by atoms with Gasteiger partial charge in [0.05, 0.1) is 0 Å². The summed E-state index contributed by atoms with van der Waals surface area (Å²) >= 11 is 0. The summed E-state index contributed by atoms with van der Waals surface area (Å²) in [6.45, 7) is 13.4. The molecule has 0 aliphatic heterocycles. The molecule has 2 unspecified atom stereocenters. The van der Waals surface area contributed by atoms with E-state index in [4.69, 9.17) is 4.74 Å². The van der Waals surface area contributed by atoms with Crippen molar-refractivity contribution in [2.24, 2.45) is 5.92 Å². The van der Waals surface area contributed by atoms with Crippen LogP contribution in [0.15, 0.2) is 18.2 Å². The highest BCUT2D eigenvalue weighted by atomic mass is 16.6. The lowest BCUT2D eigenvalue weighted by Crippen LogP contribution is -2.52. The Morgan fingerprint density at radius 2 is 1.79 bits per heavy atom. The molecule has 0 radical (unpaired) electrons. The molecule has 8 nitrogen and oxygen atoms in total. The lowest BCUT2D eigenvalue weighted by molar-refractivity contribution is -0.141. The number of amides is 3. The monoisotopic (exact) mass is 477 g/mol. The minimum atomic E-state index is -1.05. The van der Waals surface area contributed by atoms with Crippen molar-refractivity contribution in [3.8, 4) is 5.75 Å². The predicted octanol–water partition coefficient (Wildman–Crippen LogP) is 4.45. The van der Waals surface area contributed by atoms with Crippen LogP contribution in [0.1, 0.15) is 84.4 Å². The van der Waals surface area contributed by atoms with E-state index < -0.39 is 29.7 Å². The normalized spacial score (nSPS) is 13.2. The summed E-state index contributed by atoms with van der Waals surface area (Å²) in [7, 11) is 1.52. The van der Waals surface area contributed by atoms with Gasteiger partial charge >= 0.3 is 6.09 Å². The van der Waals surface area contributed by atoms with Gasteiger partial charge in [-0.1, -0.05) is 51.8 Å². The second kappa shape index (κ2) is 13.2. The Labute approximate surface area is 204 Å². The van der Waals surface area contributed by atoms with Gasteiger partial charge in [-0.15, -0.1) is 0 Å². The van der Waals surface area contributed by atoms with Crippen LogP contribution in [0.25, 0.3) is 0 Å². The van der Waals surface area contributed by atoms with Gasteiger partial charge in [0.15, 0.2) is 0 Å². The second-order valence-electron chi connectivity index (χ2n) is 10.2. The molecule has 0 saturated carbocycles. The van der Waals surface area contributed by atoms with E-state index in [2.05, 4.69) is 17.6 Å². The summed E-state index contributed by atoms with van der Waals surface area (Å²) in [5.74, 6) is -0.745. The fraction of sp³-hybridized carbons (Fsp3) is 0.654. The third-order valence-corrected chi connectivity index (χ3v) is 5.32. The summed E-state index contributed by atoms with van der Waals surface area (Å²) in [6, 6.07) is 3.18. The number of aromatic hydroxyl groups is 1. The zero-order valence-electron chi connectivity index (χ0n) is 22.0. The molecule has 0 fully saturated rings. The molecule has 3 amide bonds. The SMILES string of the molecule is CCCCCNC(=O)C(c1cccc(C)c1O)N(C)C(=O)C(CC(C)C)NC(=O)OC(C)(C)C. The van der Waals surface area contributed by atoms with E-state index in [1.807, 2.05) is 13.8 Å². The number of phenolic OH excluding ortho intramolecular Hbond substituents is 1. The summed E-state index contributed by atoms with van der Waals surface area (Å²) in [6.07, 6.45) is 2.49. The smallest absolute Gasteiger partial charge is 0.408 e. The van der Waals surface area contributed by atoms with E-state index in [1.165, 1.54) is 11.9 Å². The fourth-order valence-electron chi connectivity index (χ4n) is 3.63. The number of rotatable bonds is 11. The van der Waals surface area contributed by atoms with Crippen molar-refractivity contribution in [1.82, 2.24) is 15.5 Å². The van der Waals surface area contributed by atoms with Gasteiger partial charge in [-0.05, 0) is 52.0 Å². The predicted molar refractivity (Wildman–Crippen MR) is 134 cm³/mol. The van der Waals surface area contributed by atoms with Crippen LogP contribution in [0.5, 0.6) is 5.75 Å². The molecule has 1 rings (SSSR count). The zero-order chi connectivity index (χ0) is 26.1. The second-order valence-corrected chi connectivity index (χ2v) is 10.2. The van der Waals surface area contributed by atoms with Crippen molar-refractivity contribution < 1.29 is 24.2 Å². The number of nitrogens with zero attached hydrogens (tertiary/aromatic N) is 1. The van der Waals surface area contributed by atoms with Crippen LogP contribution in [0, 0.1) is 12.8 Å². The molecule has 1 aromatic carbocycles. The number of para-hydroxylation sites is 1. The molecule has 0 bridgehead atoms. The lowest BCUT2D eigenvalue weighted by atomic mass is 9.98. The molecule has 0 heterocycles. The van der Waals surface area contributed by atoms with E-state index >= 15 is 0 Å². The zero-order valence-corrected chi connectivity index (χ0v) is 22.0. The fourth-order valence-corrected chi connectivity index (χ4v) is 3.63. The largest absolute Gasteiger partial charge is 0.507 e. The van der Waals surface area contributed by atoms with Crippen molar-refractivity contribution in [1.29, 1.82) is 0 Å². The maximum atomic E-state index is 13.6. The van der Waals surface area contributed by atoms with Gasteiger partial charge in [0.25, 0.3) is 0 Å². The molecular weight excluding hydrogens is 434 g/mol. The van der Waals surface area contributed by atoms with E-state index in [-0.39, 0.29) is 17.6 Å². The average molecular weight is 478 g/mol. The van der Waals surface area contributed by atoms with Gasteiger partial charge in [-0.2, -0.15) is 0 Å². The summed E-state index contributed by atoms with van der Waals surface area (Å²) in [5, 5.41) is 16.3. The molecule has 0 aromatic heterocycles. The van der Waals surface area contributed by atoms with Crippen LogP contribution in [-0.2, 0) is 14.3 Å². The molecule has 1 aromatic rings. The number of aryl methyl sites for hydroxylation is 1. The Morgan fingerprint density at radius 1 is 1.15 bits per heavy atom. The quantitative estimate of drug-likeness (QED) is 0.408. The van der Waals surface area contributed by atoms with E-state index in [1.54, 1.807) is 45.9 Å². The van der Waals surface area contributed by atoms with Crippen molar-refractivity contribution in [3.63, 3.8) is 0 Å². The first-order chi connectivity index (χ1) is 15.8. The van der Waals surface area contributed by atoms with Gasteiger partial charge in [-0.25, -0.2) is 4.79 Å². The number of nitrogens with one attached hydrogen (secondary N) is 2. The summed E-state index contributed by atoms with van der Waals surface area (Å²) in [4.78, 5) is 40.5. The molecule has 3 N–H and O–H groups in total. The van der Waals surface area contributed by atoms with Crippen LogP contribution in [0.2, 0.25) is 0 Å². The first kappa shape index (κ1) is 29.3. The Balaban J connectivity index is 3.26. The van der Waals surface area contributed by atoms with Crippen molar-refractivity contribution >= 4 is 17.9 Å². The molecule has 0 spiro atoms. The average Bonchev–Trinajstić information content (AvgIpc) is 2.71. The number of ether oxygens (including phenoxy) is 1. The number of hydrogen-bond acceptors (Lipinski definition) is 5. The molecule has 0 saturated heterocycles. The molecule has 2 atom stereocenters. The number of hydrogen-bond donors (Lipinski definition) is 3. The molecule has 192 valence electrons. The minimum Gasteiger partial charge on any atom is -0.507 e. The molecular formula is C26H43N3O5. The molecule has 34 heavy (non-hydrogen) atoms. The van der Waals surface area contributed by atoms with E-state index in [0.29, 0.717) is 24.1 Å². The topological polar surface area (TPSA) is 108 Å². The maximum absolute atomic E-state index is 13.6. The molecule has 8 heteroatoms. The summed E-state index contributed by atoms with van der Waals surface area (Å²) in [5.41, 5.74) is 0.229. The van der Waals surface area contributed by atoms with Crippen LogP contribution < -0.4 is 10.6 Å². The van der Waals surface area contributed by atoms with Crippen molar-refractivity contribution in [2.75, 3.05) is 13.6 Å². The summed E-state index contributed by atoms with van der Waals surface area (Å²) < 4.78 is 5.34. The van der Waals surface area contributed by atoms with Crippen LogP contribution >= 0.6 is 0 Å². The minimum absolute atomic E-state index is 0.0311. The Kier molecular flexibility index (Phi) is 11.4. The van der Waals surface area contributed by atoms with Crippen molar-refractivity contribution in [3.05, 3.63) is 29.3 Å². The number of likely N-dealkylation sites (N-methyl/N-ethyl adjacent to an activating group) is 1. The Morgan fingerprint density at radius 3 is 2.35 bits per heavy atom. The van der Waals surface area contributed by atoms with Gasteiger partial charge in [0, 0.05) is 19.2 Å². The molecule has 0 aliphatic carbocycles. The standard InChI is InChI=1S/C26H43N3O5/c1-9-10-11-15-27-23(31)21(19-14-12-13-18(4)22(19)30)29(8)24(32)20(16-17(2)3)28-25(33)34-26(5,6)7/h12-14,17,20-21,30H,9-11,15-16H2,1-8H3,(H,27,31)(H,28,33). The highest BCUT2D eigenvalue weighted by Crippen LogP contribution is 2.31. The lowest BCUT2D eigenvalue weighted by Gasteiger charge is -2.32. The number of phenols is 1. The first-order valence-electron chi connectivity index (χ1n) is 12.1. The van der Waals surface area contributed by atoms with Crippen LogP contribution in [-0.4, -0.2) is 53.1 Å². The highest BCUT2D eigenvalue weighted by molar-refractivity contribution is 5.92. The number of carbonyl (C=O) groups excluding carboxylic acids is 3. The number of alkyl carbamates (subject to hydrolysis) is 1. The van der Waals surface area contributed by atoms with Gasteiger partial charge < -0.3 is 25.4 Å². The third-order valence-electron chi connectivity index (χ3n) is 5.32. The number of benzene rings is 1. The van der Waals surface area contributed by atoms with E-state index in [9.17, 15) is 19.5 Å². The number of carbonyl (C=O) groups is 3. The van der Waals surface area contributed by atoms with Gasteiger partial charge in [0.2, 0.25) is 11.8 Å². The van der Waals surface area contributed by atoms with E-state index in [0.717, 1.165) is 19.3 Å².